The third-order valence-electron chi connectivity index (χ3n) is 4.40. The van der Waals surface area contributed by atoms with E-state index < -0.39 is 0 Å². The molecule has 2 unspecified atom stereocenters. The highest BCUT2D eigenvalue weighted by Crippen LogP contribution is 2.31. The van der Waals surface area contributed by atoms with E-state index in [2.05, 4.69) is 28.5 Å². The number of hydrogen-bond donors (Lipinski definition) is 1. The van der Waals surface area contributed by atoms with E-state index in [1.807, 2.05) is 18.2 Å². The molecule has 0 aliphatic heterocycles. The summed E-state index contributed by atoms with van der Waals surface area (Å²) in [6.07, 6.45) is 6.40. The fraction of sp³-hybridized carbons (Fsp3) is 0.500. The first kappa shape index (κ1) is 13.6. The van der Waals surface area contributed by atoms with E-state index in [-0.39, 0.29) is 0 Å². The smallest absolute Gasteiger partial charge is 0.159 e. The topological polar surface area (TPSA) is 37.8 Å². The van der Waals surface area contributed by atoms with Crippen LogP contribution in [0.2, 0.25) is 5.15 Å². The van der Waals surface area contributed by atoms with Crippen molar-refractivity contribution in [3.63, 3.8) is 0 Å². The molecule has 2 aromatic rings. The van der Waals surface area contributed by atoms with Crippen LogP contribution in [0.4, 0.5) is 5.82 Å². The van der Waals surface area contributed by atoms with Gasteiger partial charge in [-0.05, 0) is 18.8 Å². The van der Waals surface area contributed by atoms with Gasteiger partial charge in [-0.15, -0.1) is 10.2 Å². The summed E-state index contributed by atoms with van der Waals surface area (Å²) >= 11 is 6.13. The molecule has 1 N–H and O–H groups in total. The van der Waals surface area contributed by atoms with Crippen molar-refractivity contribution in [2.75, 3.05) is 5.32 Å². The first-order valence-corrected chi connectivity index (χ1v) is 7.85. The fourth-order valence-corrected chi connectivity index (χ4v) is 3.44. The first-order valence-electron chi connectivity index (χ1n) is 7.47. The van der Waals surface area contributed by atoms with E-state index >= 15 is 0 Å². The van der Waals surface area contributed by atoms with E-state index in [1.54, 1.807) is 0 Å². The number of nitrogens with one attached hydrogen (secondary N) is 1. The van der Waals surface area contributed by atoms with E-state index in [0.29, 0.717) is 11.2 Å². The zero-order valence-corrected chi connectivity index (χ0v) is 12.5. The number of rotatable bonds is 3. The molecule has 1 aliphatic carbocycles. The molecular weight excluding hydrogens is 270 g/mol. The van der Waals surface area contributed by atoms with Crippen molar-refractivity contribution in [1.82, 2.24) is 10.2 Å². The third-order valence-corrected chi connectivity index (χ3v) is 4.68. The van der Waals surface area contributed by atoms with Crippen LogP contribution in [0.3, 0.4) is 0 Å². The maximum atomic E-state index is 6.13. The molecule has 1 aromatic carbocycles. The second-order valence-corrected chi connectivity index (χ2v) is 5.95. The highest BCUT2D eigenvalue weighted by Gasteiger charge is 2.24. The molecule has 3 rings (SSSR count). The standard InChI is InChI=1S/C16H20ClN3/c1-2-11-7-3-6-10-14(11)18-16-13-9-5-4-8-12(13)15(17)19-20-16/h4-5,8-9,11,14H,2-3,6-7,10H2,1H3,(H,18,20). The lowest BCUT2D eigenvalue weighted by Gasteiger charge is -2.32. The third kappa shape index (κ3) is 2.59. The van der Waals surface area contributed by atoms with Crippen LogP contribution in [-0.2, 0) is 0 Å². The van der Waals surface area contributed by atoms with E-state index in [1.165, 1.54) is 32.1 Å². The Labute approximate surface area is 124 Å². The monoisotopic (exact) mass is 289 g/mol. The van der Waals surface area contributed by atoms with Gasteiger partial charge in [0.25, 0.3) is 0 Å². The number of benzene rings is 1. The first-order chi connectivity index (χ1) is 9.79. The van der Waals surface area contributed by atoms with Crippen LogP contribution in [0.15, 0.2) is 24.3 Å². The van der Waals surface area contributed by atoms with Gasteiger partial charge in [0.15, 0.2) is 11.0 Å². The molecule has 1 saturated carbocycles. The lowest BCUT2D eigenvalue weighted by molar-refractivity contribution is 0.317. The van der Waals surface area contributed by atoms with Crippen molar-refractivity contribution in [3.8, 4) is 0 Å². The van der Waals surface area contributed by atoms with Crippen molar-refractivity contribution in [2.24, 2.45) is 5.92 Å². The van der Waals surface area contributed by atoms with Gasteiger partial charge in [-0.1, -0.05) is 62.1 Å². The van der Waals surface area contributed by atoms with Crippen LogP contribution in [0.1, 0.15) is 39.0 Å². The summed E-state index contributed by atoms with van der Waals surface area (Å²) in [7, 11) is 0. The molecule has 2 atom stereocenters. The van der Waals surface area contributed by atoms with E-state index in [0.717, 1.165) is 22.5 Å². The normalized spacial score (nSPS) is 22.9. The lowest BCUT2D eigenvalue weighted by Crippen LogP contribution is -2.32. The average molecular weight is 290 g/mol. The van der Waals surface area contributed by atoms with Crippen LogP contribution >= 0.6 is 11.6 Å². The minimum Gasteiger partial charge on any atom is -0.365 e. The summed E-state index contributed by atoms with van der Waals surface area (Å²) in [5.74, 6) is 1.61. The molecule has 0 bridgehead atoms. The number of fused-ring (bicyclic) bond motifs is 1. The van der Waals surface area contributed by atoms with Crippen LogP contribution in [-0.4, -0.2) is 16.2 Å². The van der Waals surface area contributed by atoms with E-state index in [4.69, 9.17) is 11.6 Å². The number of anilines is 1. The predicted octanol–water partition coefficient (Wildman–Crippen LogP) is 4.66. The highest BCUT2D eigenvalue weighted by atomic mass is 35.5. The molecule has 3 nitrogen and oxygen atoms in total. The highest BCUT2D eigenvalue weighted by molar-refractivity contribution is 6.34. The Balaban J connectivity index is 1.92. The summed E-state index contributed by atoms with van der Waals surface area (Å²) in [4.78, 5) is 0. The van der Waals surface area contributed by atoms with Gasteiger partial charge in [0.05, 0.1) is 0 Å². The second kappa shape index (κ2) is 5.96. The zero-order valence-electron chi connectivity index (χ0n) is 11.8. The SMILES string of the molecule is CCC1CCCCC1Nc1nnc(Cl)c2ccccc12. The minimum atomic E-state index is 0.474. The second-order valence-electron chi connectivity index (χ2n) is 5.59. The minimum absolute atomic E-state index is 0.474. The molecule has 0 radical (unpaired) electrons. The van der Waals surface area contributed by atoms with Crippen LogP contribution < -0.4 is 5.32 Å². The Morgan fingerprint density at radius 3 is 2.70 bits per heavy atom. The Morgan fingerprint density at radius 1 is 1.15 bits per heavy atom. The van der Waals surface area contributed by atoms with Gasteiger partial charge in [0, 0.05) is 16.8 Å². The van der Waals surface area contributed by atoms with Crippen molar-refractivity contribution in [3.05, 3.63) is 29.4 Å². The number of hydrogen-bond acceptors (Lipinski definition) is 3. The Morgan fingerprint density at radius 2 is 1.90 bits per heavy atom. The zero-order chi connectivity index (χ0) is 13.9. The maximum Gasteiger partial charge on any atom is 0.159 e. The van der Waals surface area contributed by atoms with Crippen LogP contribution in [0.25, 0.3) is 10.8 Å². The Kier molecular flexibility index (Phi) is 4.06. The molecular formula is C16H20ClN3. The quantitative estimate of drug-likeness (QED) is 0.893. The molecule has 0 spiro atoms. The summed E-state index contributed by atoms with van der Waals surface area (Å²) in [5, 5.41) is 14.5. The molecule has 4 heteroatoms. The fourth-order valence-electron chi connectivity index (χ4n) is 3.24. The van der Waals surface area contributed by atoms with Gasteiger partial charge in [0.2, 0.25) is 0 Å². The molecule has 0 saturated heterocycles. The predicted molar refractivity (Wildman–Crippen MR) is 84.2 cm³/mol. The van der Waals surface area contributed by atoms with Crippen LogP contribution in [0.5, 0.6) is 0 Å². The average Bonchev–Trinajstić information content (AvgIpc) is 2.51. The number of halogens is 1. The van der Waals surface area contributed by atoms with Gasteiger partial charge in [-0.25, -0.2) is 0 Å². The van der Waals surface area contributed by atoms with Gasteiger partial charge in [0.1, 0.15) is 0 Å². The molecule has 1 aliphatic rings. The van der Waals surface area contributed by atoms with E-state index in [9.17, 15) is 0 Å². The molecule has 1 heterocycles. The van der Waals surface area contributed by atoms with Crippen LogP contribution in [0, 0.1) is 5.92 Å². The molecule has 20 heavy (non-hydrogen) atoms. The maximum absolute atomic E-state index is 6.13. The summed E-state index contributed by atoms with van der Waals surface area (Å²) in [6.45, 7) is 2.27. The largest absolute Gasteiger partial charge is 0.365 e. The van der Waals surface area contributed by atoms with Crippen molar-refractivity contribution >= 4 is 28.2 Å². The number of nitrogens with zero attached hydrogens (tertiary/aromatic N) is 2. The molecule has 1 aromatic heterocycles. The lowest BCUT2D eigenvalue weighted by atomic mass is 9.83. The summed E-state index contributed by atoms with van der Waals surface area (Å²) < 4.78 is 0. The molecule has 0 amide bonds. The van der Waals surface area contributed by atoms with Gasteiger partial charge in [-0.3, -0.25) is 0 Å². The summed E-state index contributed by atoms with van der Waals surface area (Å²) in [6, 6.07) is 8.56. The van der Waals surface area contributed by atoms with Gasteiger partial charge >= 0.3 is 0 Å². The van der Waals surface area contributed by atoms with Crippen molar-refractivity contribution in [2.45, 2.75) is 45.1 Å². The number of aromatic nitrogens is 2. The molecule has 1 fully saturated rings. The van der Waals surface area contributed by atoms with Gasteiger partial charge in [-0.2, -0.15) is 0 Å². The molecule has 106 valence electrons. The Hall–Kier alpha value is -1.35. The van der Waals surface area contributed by atoms with Crippen molar-refractivity contribution < 1.29 is 0 Å². The summed E-state index contributed by atoms with van der Waals surface area (Å²) in [5.41, 5.74) is 0. The van der Waals surface area contributed by atoms with Gasteiger partial charge < -0.3 is 5.32 Å². The Bertz CT molecular complexity index is 599. The van der Waals surface area contributed by atoms with Crippen molar-refractivity contribution in [1.29, 1.82) is 0 Å².